The quantitative estimate of drug-likeness (QED) is 0.752. The van der Waals surface area contributed by atoms with Crippen molar-refractivity contribution in [3.63, 3.8) is 0 Å². The van der Waals surface area contributed by atoms with Crippen LogP contribution in [0.3, 0.4) is 0 Å². The van der Waals surface area contributed by atoms with Crippen molar-refractivity contribution >= 4 is 27.5 Å². The van der Waals surface area contributed by atoms with Gasteiger partial charge in [-0.3, -0.25) is 4.98 Å². The highest BCUT2D eigenvalue weighted by atomic mass is 79.9. The van der Waals surface area contributed by atoms with Crippen molar-refractivity contribution in [2.45, 2.75) is 6.43 Å². The van der Waals surface area contributed by atoms with E-state index in [0.29, 0.717) is 0 Å². The number of halogens is 5. The number of aromatic nitrogens is 1. The minimum Gasteiger partial charge on any atom is -0.252 e. The largest absolute Gasteiger partial charge is 0.281 e. The summed E-state index contributed by atoms with van der Waals surface area (Å²) in [5.74, 6) is -0.915. The van der Waals surface area contributed by atoms with E-state index < -0.39 is 17.9 Å². The molecule has 6 heteroatoms. The van der Waals surface area contributed by atoms with E-state index in [9.17, 15) is 13.2 Å². The van der Waals surface area contributed by atoms with Crippen LogP contribution in [0.15, 0.2) is 10.7 Å². The molecule has 0 spiro atoms. The van der Waals surface area contributed by atoms with Gasteiger partial charge in [-0.15, -0.1) is 0 Å². The van der Waals surface area contributed by atoms with Crippen molar-refractivity contribution < 1.29 is 13.2 Å². The summed E-state index contributed by atoms with van der Waals surface area (Å²) in [7, 11) is 0. The highest BCUT2D eigenvalue weighted by Crippen LogP contribution is 2.30. The van der Waals surface area contributed by atoms with Gasteiger partial charge in [0.15, 0.2) is 5.82 Å². The molecule has 1 aromatic heterocycles. The Balaban J connectivity index is 3.27. The maximum absolute atomic E-state index is 12.8. The van der Waals surface area contributed by atoms with Crippen LogP contribution in [0.2, 0.25) is 5.02 Å². The summed E-state index contributed by atoms with van der Waals surface area (Å²) in [5, 5.41) is -0.286. The third kappa shape index (κ3) is 1.72. The molecule has 0 atom stereocenters. The molecule has 66 valence electrons. The lowest BCUT2D eigenvalue weighted by atomic mass is 10.3. The van der Waals surface area contributed by atoms with Crippen LogP contribution in [0, 0.1) is 5.82 Å². The minimum absolute atomic E-state index is 0.286. The molecule has 0 radical (unpaired) electrons. The maximum atomic E-state index is 12.8. The summed E-state index contributed by atoms with van der Waals surface area (Å²) >= 11 is 7.91. The van der Waals surface area contributed by atoms with Crippen molar-refractivity contribution in [2.24, 2.45) is 0 Å². The number of hydrogen-bond donors (Lipinski definition) is 0. The van der Waals surface area contributed by atoms with Gasteiger partial charge in [-0.05, 0) is 15.9 Å². The van der Waals surface area contributed by atoms with Crippen molar-refractivity contribution in [1.82, 2.24) is 4.98 Å². The van der Waals surface area contributed by atoms with Crippen LogP contribution in [0.25, 0.3) is 0 Å². The number of hydrogen-bond acceptors (Lipinski definition) is 1. The molecule has 0 unspecified atom stereocenters. The van der Waals surface area contributed by atoms with E-state index in [1.54, 1.807) is 0 Å². The molecule has 0 N–H and O–H groups in total. The molecule has 0 saturated carbocycles. The molecule has 0 bridgehead atoms. The van der Waals surface area contributed by atoms with Crippen LogP contribution in [0.4, 0.5) is 13.2 Å². The van der Waals surface area contributed by atoms with E-state index in [2.05, 4.69) is 20.9 Å². The van der Waals surface area contributed by atoms with E-state index >= 15 is 0 Å². The Hall–Kier alpha value is -0.290. The fourth-order valence-corrected chi connectivity index (χ4v) is 1.36. The van der Waals surface area contributed by atoms with Crippen LogP contribution < -0.4 is 0 Å². The zero-order valence-electron chi connectivity index (χ0n) is 5.49. The molecular formula is C6H2BrClF3N. The molecule has 1 nitrogen and oxygen atoms in total. The first-order valence-corrected chi connectivity index (χ1v) is 3.98. The van der Waals surface area contributed by atoms with Crippen LogP contribution in [0.5, 0.6) is 0 Å². The normalized spacial score (nSPS) is 10.8. The first-order chi connectivity index (χ1) is 5.54. The number of alkyl halides is 2. The van der Waals surface area contributed by atoms with Gasteiger partial charge in [0.1, 0.15) is 5.69 Å². The SMILES string of the molecule is Fc1c(Cl)cnc(C(F)F)c1Br. The summed E-state index contributed by atoms with van der Waals surface area (Å²) in [4.78, 5) is 3.27. The van der Waals surface area contributed by atoms with Gasteiger partial charge in [0.05, 0.1) is 9.50 Å². The van der Waals surface area contributed by atoms with E-state index in [1.165, 1.54) is 0 Å². The first kappa shape index (κ1) is 9.80. The van der Waals surface area contributed by atoms with Crippen LogP contribution >= 0.6 is 27.5 Å². The Morgan fingerprint density at radius 2 is 2.08 bits per heavy atom. The van der Waals surface area contributed by atoms with Gasteiger partial charge in [0, 0.05) is 6.20 Å². The van der Waals surface area contributed by atoms with Gasteiger partial charge in [-0.1, -0.05) is 11.6 Å². The fraction of sp³-hybridized carbons (Fsp3) is 0.167. The van der Waals surface area contributed by atoms with Crippen LogP contribution in [-0.2, 0) is 0 Å². The molecule has 0 aliphatic rings. The Morgan fingerprint density at radius 3 is 2.58 bits per heavy atom. The molecule has 0 aliphatic carbocycles. The molecule has 0 saturated heterocycles. The molecule has 1 rings (SSSR count). The Labute approximate surface area is 79.7 Å². The average molecular weight is 260 g/mol. The fourth-order valence-electron chi connectivity index (χ4n) is 0.609. The zero-order valence-corrected chi connectivity index (χ0v) is 7.83. The second kappa shape index (κ2) is 3.62. The highest BCUT2D eigenvalue weighted by Gasteiger charge is 2.18. The third-order valence-electron chi connectivity index (χ3n) is 1.15. The molecule has 1 heterocycles. The van der Waals surface area contributed by atoms with Gasteiger partial charge in [-0.25, -0.2) is 13.2 Å². The zero-order chi connectivity index (χ0) is 9.30. The molecule has 0 amide bonds. The van der Waals surface area contributed by atoms with Crippen LogP contribution in [-0.4, -0.2) is 4.98 Å². The molecule has 1 aromatic rings. The summed E-state index contributed by atoms with van der Waals surface area (Å²) in [6, 6.07) is 0. The van der Waals surface area contributed by atoms with E-state index in [-0.39, 0.29) is 9.50 Å². The maximum Gasteiger partial charge on any atom is 0.281 e. The molecule has 12 heavy (non-hydrogen) atoms. The predicted octanol–water partition coefficient (Wildman–Crippen LogP) is 3.57. The van der Waals surface area contributed by atoms with Gasteiger partial charge in [0.2, 0.25) is 0 Å². The second-order valence-electron chi connectivity index (χ2n) is 1.92. The topological polar surface area (TPSA) is 12.9 Å². The monoisotopic (exact) mass is 259 g/mol. The lowest BCUT2D eigenvalue weighted by molar-refractivity contribution is 0.144. The van der Waals surface area contributed by atoms with Gasteiger partial charge >= 0.3 is 0 Å². The Kier molecular flexibility index (Phi) is 2.95. The Bertz CT molecular complexity index is 305. The van der Waals surface area contributed by atoms with Gasteiger partial charge in [0.25, 0.3) is 6.43 Å². The standard InChI is InChI=1S/C6H2BrClF3N/c7-3-4(9)2(8)1-12-5(3)6(10)11/h1,6H. The Morgan fingerprint density at radius 1 is 1.50 bits per heavy atom. The minimum atomic E-state index is -2.81. The number of pyridine rings is 1. The van der Waals surface area contributed by atoms with E-state index in [0.717, 1.165) is 6.20 Å². The van der Waals surface area contributed by atoms with E-state index in [4.69, 9.17) is 11.6 Å². The lowest BCUT2D eigenvalue weighted by Crippen LogP contribution is -1.94. The van der Waals surface area contributed by atoms with Crippen molar-refractivity contribution in [3.05, 3.63) is 27.2 Å². The highest BCUT2D eigenvalue weighted by molar-refractivity contribution is 9.10. The van der Waals surface area contributed by atoms with Crippen molar-refractivity contribution in [3.8, 4) is 0 Å². The summed E-state index contributed by atoms with van der Waals surface area (Å²) in [6.45, 7) is 0. The molecule has 0 aliphatic heterocycles. The first-order valence-electron chi connectivity index (χ1n) is 2.81. The summed E-state index contributed by atoms with van der Waals surface area (Å²) in [5.41, 5.74) is -0.642. The average Bonchev–Trinajstić information content (AvgIpc) is 2.00. The lowest BCUT2D eigenvalue weighted by Gasteiger charge is -2.03. The van der Waals surface area contributed by atoms with Gasteiger partial charge in [-0.2, -0.15) is 0 Å². The summed E-state index contributed by atoms with van der Waals surface area (Å²) in [6.07, 6.45) is -1.96. The van der Waals surface area contributed by atoms with Crippen LogP contribution in [0.1, 0.15) is 12.1 Å². The third-order valence-corrected chi connectivity index (χ3v) is 2.17. The predicted molar refractivity (Wildman–Crippen MR) is 41.9 cm³/mol. The van der Waals surface area contributed by atoms with Crippen molar-refractivity contribution in [1.29, 1.82) is 0 Å². The summed E-state index contributed by atoms with van der Waals surface area (Å²) < 4.78 is 36.5. The van der Waals surface area contributed by atoms with Crippen molar-refractivity contribution in [2.75, 3.05) is 0 Å². The molecular weight excluding hydrogens is 258 g/mol. The molecule has 0 fully saturated rings. The van der Waals surface area contributed by atoms with E-state index in [1.807, 2.05) is 0 Å². The smallest absolute Gasteiger partial charge is 0.252 e. The second-order valence-corrected chi connectivity index (χ2v) is 3.12. The number of rotatable bonds is 1. The van der Waals surface area contributed by atoms with Gasteiger partial charge < -0.3 is 0 Å². The molecule has 0 aromatic carbocycles. The number of nitrogens with zero attached hydrogens (tertiary/aromatic N) is 1.